The number of aromatic nitrogens is 2. The molecule has 0 radical (unpaired) electrons. The molecule has 2 aromatic heterocycles. The molecule has 2 aromatic carbocycles. The van der Waals surface area contributed by atoms with E-state index >= 15 is 4.39 Å². The van der Waals surface area contributed by atoms with E-state index in [2.05, 4.69) is 9.97 Å². The summed E-state index contributed by atoms with van der Waals surface area (Å²) in [5.41, 5.74) is 0.162. The summed E-state index contributed by atoms with van der Waals surface area (Å²) in [6.45, 7) is 0. The molecular weight excluding hydrogens is 366 g/mol. The van der Waals surface area contributed by atoms with Gasteiger partial charge in [0.2, 0.25) is 0 Å². The molecule has 0 bridgehead atoms. The topological polar surface area (TPSA) is 66.2 Å². The lowest BCUT2D eigenvalue weighted by molar-refractivity contribution is 0.476. The van der Waals surface area contributed by atoms with Crippen LogP contribution < -0.4 is 0 Å². The standard InChI is InChI=1S/C18H9Cl2FN2O2/c19-12-3-1-2-8-4-9(24)5-10(15(8)12)17-16(21)18-11(7-22-17)13(25)6-14(20)23-18/h1-7,24H,(H,23,25). The van der Waals surface area contributed by atoms with Gasteiger partial charge in [0.1, 0.15) is 27.9 Å². The highest BCUT2D eigenvalue weighted by Gasteiger charge is 2.19. The van der Waals surface area contributed by atoms with E-state index < -0.39 is 5.82 Å². The van der Waals surface area contributed by atoms with Crippen molar-refractivity contribution in [3.05, 3.63) is 58.6 Å². The molecule has 0 fully saturated rings. The zero-order chi connectivity index (χ0) is 17.7. The normalized spacial score (nSPS) is 11.3. The van der Waals surface area contributed by atoms with Gasteiger partial charge in [0.25, 0.3) is 0 Å². The fourth-order valence-electron chi connectivity index (χ4n) is 2.84. The summed E-state index contributed by atoms with van der Waals surface area (Å²) in [5, 5.41) is 21.6. The fraction of sp³-hybridized carbons (Fsp3) is 0. The molecule has 4 rings (SSSR count). The number of pyridine rings is 2. The molecule has 0 atom stereocenters. The molecule has 0 unspecified atom stereocenters. The summed E-state index contributed by atoms with van der Waals surface area (Å²) in [6.07, 6.45) is 1.30. The van der Waals surface area contributed by atoms with Crippen molar-refractivity contribution in [3.8, 4) is 22.8 Å². The Hall–Kier alpha value is -2.63. The summed E-state index contributed by atoms with van der Waals surface area (Å²) < 4.78 is 15.1. The van der Waals surface area contributed by atoms with Gasteiger partial charge in [-0.05, 0) is 23.6 Å². The number of hydrogen-bond donors (Lipinski definition) is 2. The van der Waals surface area contributed by atoms with Crippen molar-refractivity contribution in [2.45, 2.75) is 0 Å². The highest BCUT2D eigenvalue weighted by molar-refractivity contribution is 6.36. The first-order valence-electron chi connectivity index (χ1n) is 7.21. The van der Waals surface area contributed by atoms with Gasteiger partial charge in [0.05, 0.1) is 5.39 Å². The molecule has 0 spiro atoms. The van der Waals surface area contributed by atoms with Crippen LogP contribution in [0.3, 0.4) is 0 Å². The maximum Gasteiger partial charge on any atom is 0.175 e. The predicted octanol–water partition coefficient (Wildman–Crippen LogP) is 5.31. The van der Waals surface area contributed by atoms with E-state index in [1.165, 1.54) is 24.4 Å². The van der Waals surface area contributed by atoms with Crippen LogP contribution in [-0.2, 0) is 0 Å². The number of nitrogens with zero attached hydrogens (tertiary/aromatic N) is 2. The Labute approximate surface area is 151 Å². The van der Waals surface area contributed by atoms with Gasteiger partial charge < -0.3 is 10.2 Å². The third-order valence-corrected chi connectivity index (χ3v) is 4.42. The Kier molecular flexibility index (Phi) is 3.63. The van der Waals surface area contributed by atoms with Gasteiger partial charge in [-0.2, -0.15) is 0 Å². The number of benzene rings is 2. The van der Waals surface area contributed by atoms with Gasteiger partial charge in [-0.25, -0.2) is 9.37 Å². The Balaban J connectivity index is 2.13. The lowest BCUT2D eigenvalue weighted by atomic mass is 10.00. The van der Waals surface area contributed by atoms with Gasteiger partial charge in [0, 0.05) is 28.2 Å². The minimum absolute atomic E-state index is 0.0418. The fourth-order valence-corrected chi connectivity index (χ4v) is 3.32. The SMILES string of the molecule is Oc1cc(-c2ncc3c(O)cc(Cl)nc3c2F)c2c(Cl)cccc2c1. The van der Waals surface area contributed by atoms with Crippen molar-refractivity contribution in [1.29, 1.82) is 0 Å². The van der Waals surface area contributed by atoms with Crippen LogP contribution in [-0.4, -0.2) is 20.2 Å². The molecule has 0 amide bonds. The van der Waals surface area contributed by atoms with Crippen LogP contribution in [0.1, 0.15) is 0 Å². The second kappa shape index (κ2) is 5.72. The van der Waals surface area contributed by atoms with E-state index in [1.54, 1.807) is 18.2 Å². The summed E-state index contributed by atoms with van der Waals surface area (Å²) in [6, 6.07) is 9.29. The van der Waals surface area contributed by atoms with E-state index in [0.717, 1.165) is 0 Å². The number of phenols is 1. The second-order valence-electron chi connectivity index (χ2n) is 5.48. The van der Waals surface area contributed by atoms with Crippen molar-refractivity contribution in [2.75, 3.05) is 0 Å². The highest BCUT2D eigenvalue weighted by Crippen LogP contribution is 2.39. The molecule has 4 aromatic rings. The number of aromatic hydroxyl groups is 2. The summed E-state index contributed by atoms with van der Waals surface area (Å²) >= 11 is 12.1. The average molecular weight is 375 g/mol. The molecule has 124 valence electrons. The molecule has 25 heavy (non-hydrogen) atoms. The van der Waals surface area contributed by atoms with Crippen LogP contribution in [0, 0.1) is 5.82 Å². The van der Waals surface area contributed by atoms with E-state index in [9.17, 15) is 10.2 Å². The summed E-state index contributed by atoms with van der Waals surface area (Å²) in [5.74, 6) is -1.03. The van der Waals surface area contributed by atoms with E-state index in [0.29, 0.717) is 21.4 Å². The molecule has 0 aliphatic rings. The molecular formula is C18H9Cl2FN2O2. The molecule has 7 heteroatoms. The summed E-state index contributed by atoms with van der Waals surface area (Å²) in [4.78, 5) is 8.05. The Morgan fingerprint density at radius 3 is 2.64 bits per heavy atom. The zero-order valence-corrected chi connectivity index (χ0v) is 14.0. The minimum atomic E-state index is -0.762. The van der Waals surface area contributed by atoms with Crippen LogP contribution in [0.5, 0.6) is 11.5 Å². The van der Waals surface area contributed by atoms with E-state index in [1.807, 2.05) is 0 Å². The van der Waals surface area contributed by atoms with Crippen molar-refractivity contribution in [1.82, 2.24) is 9.97 Å². The van der Waals surface area contributed by atoms with E-state index in [-0.39, 0.29) is 33.2 Å². The third-order valence-electron chi connectivity index (χ3n) is 3.91. The van der Waals surface area contributed by atoms with Crippen LogP contribution in [0.25, 0.3) is 32.9 Å². The van der Waals surface area contributed by atoms with Gasteiger partial charge in [0.15, 0.2) is 5.82 Å². The number of rotatable bonds is 1. The quantitative estimate of drug-likeness (QED) is 0.443. The zero-order valence-electron chi connectivity index (χ0n) is 12.5. The molecule has 0 aliphatic carbocycles. The van der Waals surface area contributed by atoms with Crippen molar-refractivity contribution in [2.24, 2.45) is 0 Å². The van der Waals surface area contributed by atoms with Gasteiger partial charge >= 0.3 is 0 Å². The van der Waals surface area contributed by atoms with Crippen molar-refractivity contribution in [3.63, 3.8) is 0 Å². The predicted molar refractivity (Wildman–Crippen MR) is 95.8 cm³/mol. The smallest absolute Gasteiger partial charge is 0.175 e. The second-order valence-corrected chi connectivity index (χ2v) is 6.27. The average Bonchev–Trinajstić information content (AvgIpc) is 2.55. The number of halogens is 3. The van der Waals surface area contributed by atoms with Gasteiger partial charge in [-0.1, -0.05) is 35.3 Å². The Morgan fingerprint density at radius 1 is 1.04 bits per heavy atom. The molecule has 0 saturated heterocycles. The minimum Gasteiger partial charge on any atom is -0.508 e. The molecule has 2 N–H and O–H groups in total. The molecule has 4 nitrogen and oxygen atoms in total. The van der Waals surface area contributed by atoms with Crippen LogP contribution in [0.15, 0.2) is 42.6 Å². The largest absolute Gasteiger partial charge is 0.508 e. The lowest BCUT2D eigenvalue weighted by Crippen LogP contribution is -1.95. The van der Waals surface area contributed by atoms with Crippen LogP contribution in [0.4, 0.5) is 4.39 Å². The van der Waals surface area contributed by atoms with Crippen LogP contribution in [0.2, 0.25) is 10.2 Å². The Bertz CT molecular complexity index is 1170. The molecule has 0 aliphatic heterocycles. The number of fused-ring (bicyclic) bond motifs is 2. The first kappa shape index (κ1) is 15.9. The third kappa shape index (κ3) is 2.52. The van der Waals surface area contributed by atoms with Crippen molar-refractivity contribution >= 4 is 44.9 Å². The van der Waals surface area contributed by atoms with Crippen molar-refractivity contribution < 1.29 is 14.6 Å². The maximum absolute atomic E-state index is 15.1. The number of hydrogen-bond acceptors (Lipinski definition) is 4. The number of phenolic OH excluding ortho intramolecular Hbond substituents is 1. The first-order valence-corrected chi connectivity index (χ1v) is 7.96. The molecule has 2 heterocycles. The first-order chi connectivity index (χ1) is 12.0. The lowest BCUT2D eigenvalue weighted by Gasteiger charge is -2.11. The monoisotopic (exact) mass is 374 g/mol. The summed E-state index contributed by atoms with van der Waals surface area (Å²) in [7, 11) is 0. The van der Waals surface area contributed by atoms with E-state index in [4.69, 9.17) is 23.2 Å². The van der Waals surface area contributed by atoms with Gasteiger partial charge in [-0.15, -0.1) is 0 Å². The van der Waals surface area contributed by atoms with Gasteiger partial charge in [-0.3, -0.25) is 4.98 Å². The van der Waals surface area contributed by atoms with Crippen LogP contribution >= 0.6 is 23.2 Å². The Morgan fingerprint density at radius 2 is 1.84 bits per heavy atom. The molecule has 0 saturated carbocycles. The highest BCUT2D eigenvalue weighted by atomic mass is 35.5. The maximum atomic E-state index is 15.1.